The molecule has 0 saturated heterocycles. The smallest absolute Gasteiger partial charge is 0.324 e. The highest BCUT2D eigenvalue weighted by atomic mass is 16.5. The van der Waals surface area contributed by atoms with Crippen molar-refractivity contribution in [2.24, 2.45) is 0 Å². The van der Waals surface area contributed by atoms with E-state index in [2.05, 4.69) is 36.2 Å². The van der Waals surface area contributed by atoms with Crippen molar-refractivity contribution in [2.75, 3.05) is 24.2 Å². The van der Waals surface area contributed by atoms with Crippen LogP contribution in [-0.4, -0.2) is 46.4 Å². The Balaban J connectivity index is 1.57. The number of hydrogen-bond donors (Lipinski definition) is 4. The molecule has 2 heterocycles. The van der Waals surface area contributed by atoms with Crippen LogP contribution in [0.4, 0.5) is 16.3 Å². The number of anilines is 2. The van der Waals surface area contributed by atoms with Crippen LogP contribution in [-0.2, 0) is 10.2 Å². The highest BCUT2D eigenvalue weighted by Crippen LogP contribution is 2.24. The third kappa shape index (κ3) is 7.49. The Kier molecular flexibility index (Phi) is 7.92. The van der Waals surface area contributed by atoms with Gasteiger partial charge in [0.2, 0.25) is 5.91 Å². The van der Waals surface area contributed by atoms with Gasteiger partial charge in [-0.25, -0.2) is 14.8 Å². The van der Waals surface area contributed by atoms with Crippen LogP contribution in [0.25, 0.3) is 0 Å². The lowest BCUT2D eigenvalue weighted by molar-refractivity contribution is -0.119. The summed E-state index contributed by atoms with van der Waals surface area (Å²) in [6.45, 7) is 5.92. The Bertz CT molecular complexity index is 1210. The zero-order valence-electron chi connectivity index (χ0n) is 19.9. The molecule has 0 fully saturated rings. The Labute approximate surface area is 202 Å². The summed E-state index contributed by atoms with van der Waals surface area (Å²) in [5.41, 5.74) is 1.30. The van der Waals surface area contributed by atoms with Crippen molar-refractivity contribution in [2.45, 2.75) is 26.2 Å². The fraction of sp³-hybridized carbons (Fsp3) is 0.250. The lowest BCUT2D eigenvalue weighted by atomic mass is 9.92. The number of ether oxygens (including phenoxy) is 1. The van der Waals surface area contributed by atoms with E-state index in [4.69, 9.17) is 4.74 Å². The summed E-state index contributed by atoms with van der Waals surface area (Å²) < 4.78 is 5.77. The first-order valence-electron chi connectivity index (χ1n) is 10.8. The van der Waals surface area contributed by atoms with Crippen molar-refractivity contribution in [3.05, 3.63) is 66.4 Å². The quantitative estimate of drug-likeness (QED) is 0.409. The fourth-order valence-electron chi connectivity index (χ4n) is 2.80. The number of pyridine rings is 1. The van der Waals surface area contributed by atoms with Gasteiger partial charge in [-0.2, -0.15) is 0 Å². The van der Waals surface area contributed by atoms with E-state index in [1.165, 1.54) is 25.6 Å². The minimum absolute atomic E-state index is 0.112. The van der Waals surface area contributed by atoms with Crippen LogP contribution in [0.3, 0.4) is 0 Å². The molecule has 11 heteroatoms. The second-order valence-corrected chi connectivity index (χ2v) is 8.48. The first-order valence-corrected chi connectivity index (χ1v) is 10.8. The third-order valence-corrected chi connectivity index (χ3v) is 4.68. The highest BCUT2D eigenvalue weighted by molar-refractivity contribution is 5.99. The Hall–Kier alpha value is -4.54. The van der Waals surface area contributed by atoms with Gasteiger partial charge in [-0.1, -0.05) is 20.8 Å². The molecule has 0 atom stereocenters. The number of nitrogens with one attached hydrogen (secondary N) is 4. The number of likely N-dealkylation sites (N-methyl/N-ethyl adjacent to an activating group) is 1. The third-order valence-electron chi connectivity index (χ3n) is 4.68. The SMILES string of the molecule is CNC(=O)CNC(=O)c1cc(Oc2ccc(NC(=O)Nc3cc(C(C)(C)C)ncn3)cc2)ccn1. The molecule has 1 aromatic carbocycles. The molecule has 0 aliphatic heterocycles. The van der Waals surface area contributed by atoms with Crippen molar-refractivity contribution >= 4 is 29.4 Å². The maximum Gasteiger partial charge on any atom is 0.324 e. The van der Waals surface area contributed by atoms with Crippen LogP contribution in [0, 0.1) is 0 Å². The number of carbonyl (C=O) groups is 3. The van der Waals surface area contributed by atoms with E-state index in [0.29, 0.717) is 23.0 Å². The van der Waals surface area contributed by atoms with Crippen molar-refractivity contribution in [3.8, 4) is 11.5 Å². The molecule has 4 amide bonds. The minimum Gasteiger partial charge on any atom is -0.457 e. The van der Waals surface area contributed by atoms with Gasteiger partial charge < -0.3 is 20.7 Å². The van der Waals surface area contributed by atoms with E-state index in [9.17, 15) is 14.4 Å². The van der Waals surface area contributed by atoms with E-state index in [1.807, 2.05) is 20.8 Å². The normalized spacial score (nSPS) is 10.7. The lowest BCUT2D eigenvalue weighted by Crippen LogP contribution is -2.35. The molecule has 35 heavy (non-hydrogen) atoms. The van der Waals surface area contributed by atoms with Gasteiger partial charge >= 0.3 is 6.03 Å². The van der Waals surface area contributed by atoms with Crippen molar-refractivity contribution in [1.82, 2.24) is 25.6 Å². The number of nitrogens with zero attached hydrogens (tertiary/aromatic N) is 3. The first kappa shape index (κ1) is 25.1. The van der Waals surface area contributed by atoms with Gasteiger partial charge in [-0.15, -0.1) is 0 Å². The number of rotatable bonds is 7. The second kappa shape index (κ2) is 11.1. The monoisotopic (exact) mass is 477 g/mol. The molecule has 4 N–H and O–H groups in total. The number of hydrogen-bond acceptors (Lipinski definition) is 7. The van der Waals surface area contributed by atoms with Crippen LogP contribution >= 0.6 is 0 Å². The number of amides is 4. The molecular weight excluding hydrogens is 450 g/mol. The van der Waals surface area contributed by atoms with Crippen LogP contribution in [0.5, 0.6) is 11.5 Å². The van der Waals surface area contributed by atoms with Gasteiger partial charge in [0.15, 0.2) is 0 Å². The molecule has 0 bridgehead atoms. The predicted molar refractivity (Wildman–Crippen MR) is 131 cm³/mol. The number of benzene rings is 1. The van der Waals surface area contributed by atoms with Gasteiger partial charge in [0.1, 0.15) is 29.3 Å². The molecule has 182 valence electrons. The minimum atomic E-state index is -0.497. The maximum atomic E-state index is 12.4. The molecule has 0 aliphatic carbocycles. The first-order chi connectivity index (χ1) is 16.6. The van der Waals surface area contributed by atoms with Crippen molar-refractivity contribution < 1.29 is 19.1 Å². The summed E-state index contributed by atoms with van der Waals surface area (Å²) in [6.07, 6.45) is 2.85. The van der Waals surface area contributed by atoms with Crippen LogP contribution < -0.4 is 26.0 Å². The summed E-state index contributed by atoms with van der Waals surface area (Å²) in [7, 11) is 1.48. The van der Waals surface area contributed by atoms with E-state index in [-0.39, 0.29) is 23.6 Å². The molecule has 0 saturated carbocycles. The summed E-state index contributed by atoms with van der Waals surface area (Å²) in [6, 6.07) is 11.0. The Morgan fingerprint density at radius 2 is 1.66 bits per heavy atom. The van der Waals surface area contributed by atoms with Crippen LogP contribution in [0.1, 0.15) is 37.0 Å². The van der Waals surface area contributed by atoms with Crippen LogP contribution in [0.15, 0.2) is 55.0 Å². The molecule has 0 radical (unpaired) electrons. The topological polar surface area (TPSA) is 147 Å². The lowest BCUT2D eigenvalue weighted by Gasteiger charge is -2.17. The molecule has 0 unspecified atom stereocenters. The molecule has 0 spiro atoms. The van der Waals surface area contributed by atoms with E-state index in [1.54, 1.807) is 36.4 Å². The number of urea groups is 1. The Morgan fingerprint density at radius 1 is 0.914 bits per heavy atom. The average Bonchev–Trinajstić information content (AvgIpc) is 2.83. The van der Waals surface area contributed by atoms with Gasteiger partial charge in [0, 0.05) is 36.5 Å². The molecule has 3 aromatic rings. The zero-order valence-corrected chi connectivity index (χ0v) is 19.9. The molecule has 0 aliphatic rings. The van der Waals surface area contributed by atoms with E-state index in [0.717, 1.165) is 5.69 Å². The zero-order chi connectivity index (χ0) is 25.4. The second-order valence-electron chi connectivity index (χ2n) is 8.48. The summed E-state index contributed by atoms with van der Waals surface area (Å²) in [5.74, 6) is 0.462. The van der Waals surface area contributed by atoms with Gasteiger partial charge in [0.05, 0.1) is 12.2 Å². The summed E-state index contributed by atoms with van der Waals surface area (Å²) in [4.78, 5) is 48.1. The van der Waals surface area contributed by atoms with Crippen molar-refractivity contribution in [1.29, 1.82) is 0 Å². The standard InChI is InChI=1S/C24H27N7O4/c1-24(2,3)19-12-20(29-14-28-19)31-23(34)30-15-5-7-16(8-6-15)35-17-9-10-26-18(11-17)22(33)27-13-21(32)25-4/h5-12,14H,13H2,1-4H3,(H,25,32)(H,27,33)(H2,28,29,30,31,34). The van der Waals surface area contributed by atoms with Crippen molar-refractivity contribution in [3.63, 3.8) is 0 Å². The largest absolute Gasteiger partial charge is 0.457 e. The summed E-state index contributed by atoms with van der Waals surface area (Å²) >= 11 is 0. The molecule has 2 aromatic heterocycles. The highest BCUT2D eigenvalue weighted by Gasteiger charge is 2.16. The van der Waals surface area contributed by atoms with Gasteiger partial charge in [-0.3, -0.25) is 19.9 Å². The predicted octanol–water partition coefficient (Wildman–Crippen LogP) is 3.08. The molecular formula is C24H27N7O4. The average molecular weight is 478 g/mol. The van der Waals surface area contributed by atoms with Gasteiger partial charge in [-0.05, 0) is 30.3 Å². The number of carbonyl (C=O) groups excluding carboxylic acids is 3. The van der Waals surface area contributed by atoms with Gasteiger partial charge in [0.25, 0.3) is 5.91 Å². The maximum absolute atomic E-state index is 12.4. The molecule has 3 rings (SSSR count). The van der Waals surface area contributed by atoms with E-state index >= 15 is 0 Å². The fourth-order valence-corrected chi connectivity index (χ4v) is 2.80. The number of aromatic nitrogens is 3. The van der Waals surface area contributed by atoms with E-state index < -0.39 is 11.9 Å². The summed E-state index contributed by atoms with van der Waals surface area (Å²) in [5, 5.41) is 10.3. The van der Waals surface area contributed by atoms with Crippen LogP contribution in [0.2, 0.25) is 0 Å². The Morgan fingerprint density at radius 3 is 2.34 bits per heavy atom. The molecule has 11 nitrogen and oxygen atoms in total.